The molecule has 0 aliphatic rings. The zero-order valence-electron chi connectivity index (χ0n) is 12.2. The van der Waals surface area contributed by atoms with Gasteiger partial charge in [0.05, 0.1) is 4.92 Å². The highest BCUT2D eigenvalue weighted by atomic mass is 16.6. The zero-order valence-corrected chi connectivity index (χ0v) is 12.2. The van der Waals surface area contributed by atoms with Gasteiger partial charge in [0.25, 0.3) is 5.69 Å². The smallest absolute Gasteiger partial charge is 0.292 e. The highest BCUT2D eigenvalue weighted by Gasteiger charge is 2.15. The standard InChI is InChI=1S/C15H18N4O3/c1-11(22-16)17-10-12-7-8-14(15(9-12)19(20)21)18-13-5-3-2-4-6-13/h2-9,11,17-18H,10,16H2,1H3. The van der Waals surface area contributed by atoms with Crippen molar-refractivity contribution in [2.45, 2.75) is 19.7 Å². The summed E-state index contributed by atoms with van der Waals surface area (Å²) in [6.45, 7) is 2.17. The van der Waals surface area contributed by atoms with E-state index in [9.17, 15) is 10.1 Å². The average Bonchev–Trinajstić information content (AvgIpc) is 2.54. The van der Waals surface area contributed by atoms with Crippen LogP contribution in [0.1, 0.15) is 12.5 Å². The van der Waals surface area contributed by atoms with Gasteiger partial charge in [-0.15, -0.1) is 0 Å². The molecule has 0 amide bonds. The van der Waals surface area contributed by atoms with E-state index in [2.05, 4.69) is 15.5 Å². The molecule has 0 saturated carbocycles. The minimum absolute atomic E-state index is 0.0180. The molecular weight excluding hydrogens is 284 g/mol. The van der Waals surface area contributed by atoms with E-state index in [1.807, 2.05) is 36.4 Å². The molecule has 0 aromatic heterocycles. The number of hydrogen-bond donors (Lipinski definition) is 3. The van der Waals surface area contributed by atoms with Gasteiger partial charge in [-0.25, -0.2) is 5.90 Å². The van der Waals surface area contributed by atoms with Crippen molar-refractivity contribution in [1.29, 1.82) is 0 Å². The third-order valence-electron chi connectivity index (χ3n) is 3.11. The van der Waals surface area contributed by atoms with Crippen LogP contribution in [0.4, 0.5) is 17.1 Å². The minimum Gasteiger partial charge on any atom is -0.350 e. The van der Waals surface area contributed by atoms with E-state index < -0.39 is 4.92 Å². The quantitative estimate of drug-likeness (QED) is 0.413. The zero-order chi connectivity index (χ0) is 15.9. The summed E-state index contributed by atoms with van der Waals surface area (Å²) in [5.74, 6) is 5.04. The summed E-state index contributed by atoms with van der Waals surface area (Å²) in [4.78, 5) is 15.4. The van der Waals surface area contributed by atoms with Crippen LogP contribution in [0.2, 0.25) is 0 Å². The van der Waals surface area contributed by atoms with Gasteiger partial charge >= 0.3 is 0 Å². The Bertz CT molecular complexity index is 634. The largest absolute Gasteiger partial charge is 0.350 e. The van der Waals surface area contributed by atoms with Crippen molar-refractivity contribution >= 4 is 17.1 Å². The molecule has 2 rings (SSSR count). The Morgan fingerprint density at radius 2 is 2.00 bits per heavy atom. The molecule has 2 aromatic rings. The molecule has 0 saturated heterocycles. The summed E-state index contributed by atoms with van der Waals surface area (Å²) in [5.41, 5.74) is 2.03. The molecule has 1 atom stereocenters. The minimum atomic E-state index is -0.405. The first-order valence-corrected chi connectivity index (χ1v) is 6.78. The normalized spacial score (nSPS) is 11.9. The van der Waals surface area contributed by atoms with Gasteiger partial charge < -0.3 is 5.32 Å². The van der Waals surface area contributed by atoms with Gasteiger partial charge in [-0.1, -0.05) is 24.3 Å². The van der Waals surface area contributed by atoms with Crippen molar-refractivity contribution in [3.63, 3.8) is 0 Å². The second-order valence-electron chi connectivity index (χ2n) is 4.76. The number of nitro groups is 1. The number of hydrogen-bond acceptors (Lipinski definition) is 6. The second-order valence-corrected chi connectivity index (χ2v) is 4.76. The topological polar surface area (TPSA) is 102 Å². The number of nitrogens with two attached hydrogens (primary N) is 1. The van der Waals surface area contributed by atoms with Gasteiger partial charge in [0.2, 0.25) is 0 Å². The third kappa shape index (κ3) is 4.26. The molecule has 0 fully saturated rings. The monoisotopic (exact) mass is 302 g/mol. The molecule has 0 radical (unpaired) electrons. The molecule has 4 N–H and O–H groups in total. The summed E-state index contributed by atoms with van der Waals surface area (Å²) in [6, 6.07) is 14.3. The van der Waals surface area contributed by atoms with Gasteiger partial charge in [-0.2, -0.15) is 0 Å². The highest BCUT2D eigenvalue weighted by Crippen LogP contribution is 2.28. The maximum absolute atomic E-state index is 11.3. The van der Waals surface area contributed by atoms with E-state index in [0.29, 0.717) is 12.2 Å². The Morgan fingerprint density at radius 1 is 1.27 bits per heavy atom. The predicted molar refractivity (Wildman–Crippen MR) is 84.4 cm³/mol. The highest BCUT2D eigenvalue weighted by molar-refractivity contribution is 5.70. The first-order chi connectivity index (χ1) is 10.6. The maximum Gasteiger partial charge on any atom is 0.292 e. The number of para-hydroxylation sites is 1. The van der Waals surface area contributed by atoms with E-state index in [0.717, 1.165) is 11.3 Å². The SMILES string of the molecule is CC(NCc1ccc(Nc2ccccc2)c([N+](=O)[O-])c1)ON. The molecule has 116 valence electrons. The number of anilines is 2. The van der Waals surface area contributed by atoms with Crippen LogP contribution in [0.15, 0.2) is 48.5 Å². The van der Waals surface area contributed by atoms with Crippen molar-refractivity contribution in [1.82, 2.24) is 5.32 Å². The molecule has 2 aromatic carbocycles. The molecule has 0 spiro atoms. The Hall–Kier alpha value is -2.48. The third-order valence-corrected chi connectivity index (χ3v) is 3.11. The number of benzene rings is 2. The molecule has 0 aliphatic carbocycles. The fourth-order valence-electron chi connectivity index (χ4n) is 1.93. The Morgan fingerprint density at radius 3 is 2.64 bits per heavy atom. The van der Waals surface area contributed by atoms with Crippen LogP contribution in [0.5, 0.6) is 0 Å². The Kier molecular flexibility index (Phi) is 5.42. The Labute approximate surface area is 128 Å². The van der Waals surface area contributed by atoms with Crippen LogP contribution >= 0.6 is 0 Å². The number of nitrogens with zero attached hydrogens (tertiary/aromatic N) is 1. The molecule has 0 heterocycles. The van der Waals surface area contributed by atoms with Crippen molar-refractivity contribution in [3.8, 4) is 0 Å². The lowest BCUT2D eigenvalue weighted by Gasteiger charge is -2.12. The van der Waals surface area contributed by atoms with E-state index in [-0.39, 0.29) is 11.9 Å². The molecule has 1 unspecified atom stereocenters. The van der Waals surface area contributed by atoms with Crippen LogP contribution in [0.3, 0.4) is 0 Å². The second kappa shape index (κ2) is 7.51. The van der Waals surface area contributed by atoms with Crippen molar-refractivity contribution in [2.24, 2.45) is 5.90 Å². The van der Waals surface area contributed by atoms with Crippen LogP contribution < -0.4 is 16.5 Å². The maximum atomic E-state index is 11.3. The van der Waals surface area contributed by atoms with Crippen molar-refractivity contribution in [2.75, 3.05) is 5.32 Å². The first-order valence-electron chi connectivity index (χ1n) is 6.78. The average molecular weight is 302 g/mol. The van der Waals surface area contributed by atoms with E-state index >= 15 is 0 Å². The molecule has 0 bridgehead atoms. The number of rotatable bonds is 7. The number of nitrogens with one attached hydrogen (secondary N) is 2. The van der Waals surface area contributed by atoms with Crippen molar-refractivity contribution in [3.05, 3.63) is 64.2 Å². The van der Waals surface area contributed by atoms with Crippen LogP contribution in [0.25, 0.3) is 0 Å². The van der Waals surface area contributed by atoms with Crippen LogP contribution in [-0.4, -0.2) is 11.2 Å². The molecule has 22 heavy (non-hydrogen) atoms. The van der Waals surface area contributed by atoms with Crippen molar-refractivity contribution < 1.29 is 9.76 Å². The lowest BCUT2D eigenvalue weighted by Crippen LogP contribution is -2.30. The van der Waals surface area contributed by atoms with E-state index in [4.69, 9.17) is 5.90 Å². The summed E-state index contributed by atoms with van der Waals surface area (Å²) >= 11 is 0. The van der Waals surface area contributed by atoms with Crippen LogP contribution in [-0.2, 0) is 11.4 Å². The predicted octanol–water partition coefficient (Wildman–Crippen LogP) is 2.66. The molecule has 0 aliphatic heterocycles. The fraction of sp³-hybridized carbons (Fsp3) is 0.200. The number of nitro benzene ring substituents is 1. The van der Waals surface area contributed by atoms with E-state index in [1.54, 1.807) is 13.0 Å². The Balaban J connectivity index is 2.18. The summed E-state index contributed by atoms with van der Waals surface area (Å²) in [6.07, 6.45) is -0.332. The summed E-state index contributed by atoms with van der Waals surface area (Å²) in [7, 11) is 0. The molecule has 7 heteroatoms. The summed E-state index contributed by atoms with van der Waals surface area (Å²) in [5, 5.41) is 17.3. The van der Waals surface area contributed by atoms with Gasteiger partial charge in [-0.05, 0) is 30.7 Å². The van der Waals surface area contributed by atoms with E-state index in [1.165, 1.54) is 6.07 Å². The summed E-state index contributed by atoms with van der Waals surface area (Å²) < 4.78 is 0. The van der Waals surface area contributed by atoms with Gasteiger partial charge in [0, 0.05) is 18.3 Å². The van der Waals surface area contributed by atoms with Gasteiger partial charge in [-0.3, -0.25) is 20.3 Å². The molecular formula is C15H18N4O3. The van der Waals surface area contributed by atoms with Crippen LogP contribution in [0, 0.1) is 10.1 Å². The first kappa shape index (κ1) is 15.9. The molecule has 7 nitrogen and oxygen atoms in total. The lowest BCUT2D eigenvalue weighted by atomic mass is 10.1. The fourth-order valence-corrected chi connectivity index (χ4v) is 1.93. The van der Waals surface area contributed by atoms with Gasteiger partial charge in [0.1, 0.15) is 11.9 Å². The van der Waals surface area contributed by atoms with Gasteiger partial charge in [0.15, 0.2) is 0 Å². The lowest BCUT2D eigenvalue weighted by molar-refractivity contribution is -0.384.